The van der Waals surface area contributed by atoms with E-state index in [0.29, 0.717) is 17.5 Å². The van der Waals surface area contributed by atoms with E-state index in [-0.39, 0.29) is 17.5 Å². The van der Waals surface area contributed by atoms with Gasteiger partial charge in [-0.25, -0.2) is 13.1 Å². The lowest BCUT2D eigenvalue weighted by Gasteiger charge is -2.10. The number of rotatable bonds is 2. The summed E-state index contributed by atoms with van der Waals surface area (Å²) in [5.41, 5.74) is 1.92. The average Bonchev–Trinajstić information content (AvgIpc) is 2.67. The Balaban J connectivity index is 2.38. The molecule has 1 unspecified atom stereocenters. The first kappa shape index (κ1) is 12.9. The van der Waals surface area contributed by atoms with Gasteiger partial charge in [-0.1, -0.05) is 25.4 Å². The molecule has 2 rings (SSSR count). The Hall–Kier alpha value is -0.550. The van der Waals surface area contributed by atoms with Crippen molar-refractivity contribution in [3.05, 3.63) is 16.4 Å². The van der Waals surface area contributed by atoms with Crippen molar-refractivity contribution < 1.29 is 8.42 Å². The molecule has 0 bridgehead atoms. The van der Waals surface area contributed by atoms with Crippen LogP contribution in [0.25, 0.3) is 0 Å². The topological polar surface area (TPSA) is 52.0 Å². The molecule has 1 aromatic heterocycles. The number of hydrogen-bond donors (Lipinski definition) is 0. The van der Waals surface area contributed by atoms with Crippen molar-refractivity contribution in [2.24, 2.45) is 0 Å². The van der Waals surface area contributed by atoms with Gasteiger partial charge in [-0.3, -0.25) is 0 Å². The molecular weight excluding hydrogens is 260 g/mol. The molecule has 1 aliphatic rings. The minimum atomic E-state index is -2.90. The second-order valence-electron chi connectivity index (χ2n) is 4.95. The fourth-order valence-corrected chi connectivity index (χ4v) is 4.62. The summed E-state index contributed by atoms with van der Waals surface area (Å²) in [6, 6.07) is -0.0984. The maximum Gasteiger partial charge on any atom is 0.152 e. The molecule has 4 nitrogen and oxygen atoms in total. The average molecular weight is 277 g/mol. The van der Waals surface area contributed by atoms with E-state index in [0.717, 1.165) is 11.3 Å². The quantitative estimate of drug-likeness (QED) is 0.833. The van der Waals surface area contributed by atoms with Crippen molar-refractivity contribution in [1.82, 2.24) is 9.78 Å². The van der Waals surface area contributed by atoms with Gasteiger partial charge in [0.05, 0.1) is 23.2 Å². The van der Waals surface area contributed by atoms with E-state index in [1.54, 1.807) is 4.68 Å². The molecule has 0 amide bonds. The second-order valence-corrected chi connectivity index (χ2v) is 7.53. The molecule has 96 valence electrons. The van der Waals surface area contributed by atoms with Crippen LogP contribution in [0.2, 0.25) is 5.15 Å². The van der Waals surface area contributed by atoms with Gasteiger partial charge in [0.25, 0.3) is 0 Å². The third-order valence-electron chi connectivity index (χ3n) is 3.20. The van der Waals surface area contributed by atoms with Crippen LogP contribution in [0.4, 0.5) is 0 Å². The zero-order valence-corrected chi connectivity index (χ0v) is 11.8. The normalized spacial score (nSPS) is 23.5. The fourth-order valence-electron chi connectivity index (χ4n) is 2.40. The van der Waals surface area contributed by atoms with Crippen molar-refractivity contribution in [2.75, 3.05) is 11.5 Å². The van der Waals surface area contributed by atoms with E-state index < -0.39 is 9.84 Å². The minimum absolute atomic E-state index is 0.0984. The lowest BCUT2D eigenvalue weighted by atomic mass is 10.1. The highest BCUT2D eigenvalue weighted by Gasteiger charge is 2.32. The maximum atomic E-state index is 11.5. The van der Waals surface area contributed by atoms with Crippen molar-refractivity contribution in [1.29, 1.82) is 0 Å². The van der Waals surface area contributed by atoms with Crippen LogP contribution in [0, 0.1) is 6.92 Å². The van der Waals surface area contributed by atoms with Gasteiger partial charge in [-0.15, -0.1) is 0 Å². The minimum Gasteiger partial charge on any atom is -0.249 e. The molecule has 1 fully saturated rings. The zero-order valence-electron chi connectivity index (χ0n) is 10.3. The molecule has 2 heterocycles. The summed E-state index contributed by atoms with van der Waals surface area (Å²) in [6.45, 7) is 6.04. The van der Waals surface area contributed by atoms with E-state index in [9.17, 15) is 8.42 Å². The smallest absolute Gasteiger partial charge is 0.152 e. The Labute approximate surface area is 107 Å². The summed E-state index contributed by atoms with van der Waals surface area (Å²) in [6.07, 6.45) is 0.612. The fraction of sp³-hybridized carbons (Fsp3) is 0.727. The lowest BCUT2D eigenvalue weighted by Crippen LogP contribution is -2.12. The first-order chi connectivity index (χ1) is 7.82. The van der Waals surface area contributed by atoms with Gasteiger partial charge in [0.15, 0.2) is 9.84 Å². The van der Waals surface area contributed by atoms with Crippen LogP contribution in [0.3, 0.4) is 0 Å². The van der Waals surface area contributed by atoms with Gasteiger partial charge in [-0.05, 0) is 19.3 Å². The predicted octanol–water partition coefficient (Wildman–Crippen LogP) is 2.33. The van der Waals surface area contributed by atoms with Gasteiger partial charge in [-0.2, -0.15) is 5.10 Å². The molecule has 1 aromatic rings. The predicted molar refractivity (Wildman–Crippen MR) is 68.4 cm³/mol. The van der Waals surface area contributed by atoms with E-state index in [4.69, 9.17) is 11.6 Å². The zero-order chi connectivity index (χ0) is 12.8. The van der Waals surface area contributed by atoms with Gasteiger partial charge in [0.1, 0.15) is 5.15 Å². The number of sulfone groups is 1. The Kier molecular flexibility index (Phi) is 3.25. The SMILES string of the molecule is Cc1nn(C2CCS(=O)(=O)C2)c(Cl)c1C(C)C. The molecular formula is C11H17ClN2O2S. The van der Waals surface area contributed by atoms with Crippen LogP contribution >= 0.6 is 11.6 Å². The van der Waals surface area contributed by atoms with Gasteiger partial charge in [0, 0.05) is 5.56 Å². The van der Waals surface area contributed by atoms with E-state index in [1.165, 1.54) is 0 Å². The van der Waals surface area contributed by atoms with Crippen LogP contribution < -0.4 is 0 Å². The summed E-state index contributed by atoms with van der Waals surface area (Å²) in [4.78, 5) is 0. The Bertz CT molecular complexity index is 534. The summed E-state index contributed by atoms with van der Waals surface area (Å²) in [7, 11) is -2.90. The van der Waals surface area contributed by atoms with Crippen molar-refractivity contribution in [3.8, 4) is 0 Å². The van der Waals surface area contributed by atoms with Crippen LogP contribution in [0.1, 0.15) is 43.5 Å². The number of nitrogens with zero attached hydrogens (tertiary/aromatic N) is 2. The molecule has 1 saturated heterocycles. The lowest BCUT2D eigenvalue weighted by molar-refractivity contribution is 0.497. The molecule has 6 heteroatoms. The molecule has 1 atom stereocenters. The number of aromatic nitrogens is 2. The number of aryl methyl sites for hydroxylation is 1. The summed E-state index contributed by atoms with van der Waals surface area (Å²) >= 11 is 6.30. The summed E-state index contributed by atoms with van der Waals surface area (Å²) in [5.74, 6) is 0.698. The molecule has 0 radical (unpaired) electrons. The molecule has 0 aromatic carbocycles. The summed E-state index contributed by atoms with van der Waals surface area (Å²) in [5, 5.41) is 5.00. The van der Waals surface area contributed by atoms with Crippen LogP contribution in [-0.2, 0) is 9.84 Å². The van der Waals surface area contributed by atoms with Gasteiger partial charge in [0.2, 0.25) is 0 Å². The summed E-state index contributed by atoms with van der Waals surface area (Å²) < 4.78 is 24.6. The highest BCUT2D eigenvalue weighted by atomic mass is 35.5. The van der Waals surface area contributed by atoms with Gasteiger partial charge >= 0.3 is 0 Å². The van der Waals surface area contributed by atoms with E-state index in [1.807, 2.05) is 6.92 Å². The van der Waals surface area contributed by atoms with Crippen molar-refractivity contribution >= 4 is 21.4 Å². The molecule has 1 aliphatic heterocycles. The van der Waals surface area contributed by atoms with Gasteiger partial charge < -0.3 is 0 Å². The number of halogens is 1. The first-order valence-corrected chi connectivity index (χ1v) is 7.96. The first-order valence-electron chi connectivity index (χ1n) is 5.76. The largest absolute Gasteiger partial charge is 0.249 e. The van der Waals surface area contributed by atoms with E-state index >= 15 is 0 Å². The molecule has 0 N–H and O–H groups in total. The Morgan fingerprint density at radius 2 is 2.12 bits per heavy atom. The maximum absolute atomic E-state index is 11.5. The van der Waals surface area contributed by atoms with Crippen molar-refractivity contribution in [3.63, 3.8) is 0 Å². The number of hydrogen-bond acceptors (Lipinski definition) is 3. The highest BCUT2D eigenvalue weighted by Crippen LogP contribution is 2.33. The Morgan fingerprint density at radius 1 is 1.47 bits per heavy atom. The molecule has 0 aliphatic carbocycles. The molecule has 17 heavy (non-hydrogen) atoms. The van der Waals surface area contributed by atoms with E-state index in [2.05, 4.69) is 18.9 Å². The molecule has 0 spiro atoms. The van der Waals surface area contributed by atoms with Crippen molar-refractivity contribution in [2.45, 2.75) is 39.2 Å². The second kappa shape index (κ2) is 4.28. The van der Waals surface area contributed by atoms with Crippen LogP contribution in [0.5, 0.6) is 0 Å². The van der Waals surface area contributed by atoms with Crippen LogP contribution in [0.15, 0.2) is 0 Å². The molecule has 0 saturated carbocycles. The third-order valence-corrected chi connectivity index (χ3v) is 5.33. The third kappa shape index (κ3) is 2.36. The monoisotopic (exact) mass is 276 g/mol. The Morgan fingerprint density at radius 3 is 2.53 bits per heavy atom. The van der Waals surface area contributed by atoms with Crippen LogP contribution in [-0.4, -0.2) is 29.7 Å². The standard InChI is InChI=1S/C11H17ClN2O2S/c1-7(2)10-8(3)13-14(11(10)12)9-4-5-17(15,16)6-9/h7,9H,4-6H2,1-3H3. The highest BCUT2D eigenvalue weighted by molar-refractivity contribution is 7.91.